The van der Waals surface area contributed by atoms with Crippen molar-refractivity contribution in [1.29, 1.82) is 0 Å². The zero-order valence-electron chi connectivity index (χ0n) is 10.9. The highest BCUT2D eigenvalue weighted by molar-refractivity contribution is 6.30. The molecular formula is C14H18ClNO2. The van der Waals surface area contributed by atoms with Gasteiger partial charge in [-0.05, 0) is 38.5 Å². The molecule has 0 atom stereocenters. The molecule has 0 aliphatic rings. The number of hydrogen-bond acceptors (Lipinski definition) is 2. The normalized spacial score (nSPS) is 11.6. The SMILES string of the molecule is CC(C)(C)OC(=O)NCC=Cc1ccc(Cl)cc1. The summed E-state index contributed by atoms with van der Waals surface area (Å²) in [6.07, 6.45) is 3.35. The van der Waals surface area contributed by atoms with Gasteiger partial charge in [-0.1, -0.05) is 35.9 Å². The molecule has 0 bridgehead atoms. The summed E-state index contributed by atoms with van der Waals surface area (Å²) >= 11 is 5.78. The van der Waals surface area contributed by atoms with Gasteiger partial charge in [-0.2, -0.15) is 0 Å². The zero-order chi connectivity index (χ0) is 13.6. The van der Waals surface area contributed by atoms with Crippen molar-refractivity contribution < 1.29 is 9.53 Å². The first-order valence-corrected chi connectivity index (χ1v) is 6.13. The number of amides is 1. The van der Waals surface area contributed by atoms with Gasteiger partial charge in [0.1, 0.15) is 5.60 Å². The molecule has 0 aliphatic heterocycles. The van der Waals surface area contributed by atoms with E-state index in [4.69, 9.17) is 16.3 Å². The van der Waals surface area contributed by atoms with Crippen molar-refractivity contribution in [1.82, 2.24) is 5.32 Å². The van der Waals surface area contributed by atoms with Gasteiger partial charge in [0.05, 0.1) is 0 Å². The van der Waals surface area contributed by atoms with Gasteiger partial charge >= 0.3 is 6.09 Å². The van der Waals surface area contributed by atoms with Crippen LogP contribution >= 0.6 is 11.6 Å². The van der Waals surface area contributed by atoms with E-state index < -0.39 is 11.7 Å². The summed E-state index contributed by atoms with van der Waals surface area (Å²) in [7, 11) is 0. The summed E-state index contributed by atoms with van der Waals surface area (Å²) in [5, 5.41) is 3.35. The number of alkyl carbamates (subject to hydrolysis) is 1. The molecule has 0 fully saturated rings. The smallest absolute Gasteiger partial charge is 0.407 e. The molecule has 1 N–H and O–H groups in total. The second kappa shape index (κ2) is 6.45. The molecule has 0 unspecified atom stereocenters. The summed E-state index contributed by atoms with van der Waals surface area (Å²) < 4.78 is 5.10. The van der Waals surface area contributed by atoms with Crippen molar-refractivity contribution in [2.45, 2.75) is 26.4 Å². The minimum absolute atomic E-state index is 0.414. The van der Waals surface area contributed by atoms with Gasteiger partial charge in [-0.25, -0.2) is 4.79 Å². The molecular weight excluding hydrogens is 250 g/mol. The third-order valence-electron chi connectivity index (χ3n) is 1.94. The Morgan fingerprint density at radius 2 is 1.94 bits per heavy atom. The van der Waals surface area contributed by atoms with Crippen LogP contribution in [0.1, 0.15) is 26.3 Å². The summed E-state index contributed by atoms with van der Waals surface area (Å²) in [5.74, 6) is 0. The van der Waals surface area contributed by atoms with E-state index in [0.717, 1.165) is 5.56 Å². The molecule has 0 aliphatic carbocycles. The molecule has 0 spiro atoms. The Bertz CT molecular complexity index is 418. The molecule has 0 radical (unpaired) electrons. The molecule has 0 saturated carbocycles. The number of ether oxygens (including phenoxy) is 1. The Labute approximate surface area is 113 Å². The summed E-state index contributed by atoms with van der Waals surface area (Å²) in [6, 6.07) is 7.46. The summed E-state index contributed by atoms with van der Waals surface area (Å²) in [4.78, 5) is 11.3. The van der Waals surface area contributed by atoms with Gasteiger partial charge in [0.2, 0.25) is 0 Å². The molecule has 1 aromatic carbocycles. The van der Waals surface area contributed by atoms with Crippen LogP contribution in [0, 0.1) is 0 Å². The van der Waals surface area contributed by atoms with Crippen molar-refractivity contribution in [3.63, 3.8) is 0 Å². The first kappa shape index (κ1) is 14.6. The quantitative estimate of drug-likeness (QED) is 0.903. The molecule has 3 nitrogen and oxygen atoms in total. The molecule has 1 amide bonds. The maximum atomic E-state index is 11.3. The van der Waals surface area contributed by atoms with E-state index in [1.807, 2.05) is 57.2 Å². The number of hydrogen-bond donors (Lipinski definition) is 1. The van der Waals surface area contributed by atoms with Gasteiger partial charge in [0.15, 0.2) is 0 Å². The van der Waals surface area contributed by atoms with Crippen LogP contribution in [-0.2, 0) is 4.74 Å². The maximum absolute atomic E-state index is 11.3. The Morgan fingerprint density at radius 1 is 1.33 bits per heavy atom. The number of carbonyl (C=O) groups excluding carboxylic acids is 1. The van der Waals surface area contributed by atoms with Gasteiger partial charge in [-0.15, -0.1) is 0 Å². The van der Waals surface area contributed by atoms with Gasteiger partial charge in [0, 0.05) is 11.6 Å². The average Bonchev–Trinajstić information content (AvgIpc) is 2.24. The van der Waals surface area contributed by atoms with E-state index in [-0.39, 0.29) is 0 Å². The topological polar surface area (TPSA) is 38.3 Å². The summed E-state index contributed by atoms with van der Waals surface area (Å²) in [5.41, 5.74) is 0.564. The minimum Gasteiger partial charge on any atom is -0.444 e. The molecule has 1 aromatic rings. The molecule has 4 heteroatoms. The monoisotopic (exact) mass is 267 g/mol. The molecule has 0 heterocycles. The molecule has 1 rings (SSSR count). The van der Waals surface area contributed by atoms with Crippen LogP contribution < -0.4 is 5.32 Å². The van der Waals surface area contributed by atoms with Crippen LogP contribution in [0.2, 0.25) is 5.02 Å². The predicted molar refractivity (Wildman–Crippen MR) is 74.7 cm³/mol. The highest BCUT2D eigenvalue weighted by Crippen LogP contribution is 2.10. The van der Waals surface area contributed by atoms with Crippen molar-refractivity contribution >= 4 is 23.8 Å². The lowest BCUT2D eigenvalue weighted by atomic mass is 10.2. The van der Waals surface area contributed by atoms with Crippen molar-refractivity contribution in [3.05, 3.63) is 40.9 Å². The van der Waals surface area contributed by atoms with Gasteiger partial charge in [-0.3, -0.25) is 0 Å². The second-order valence-electron chi connectivity index (χ2n) is 4.84. The number of nitrogens with one attached hydrogen (secondary N) is 1. The van der Waals surface area contributed by atoms with Crippen molar-refractivity contribution in [2.75, 3.05) is 6.54 Å². The zero-order valence-corrected chi connectivity index (χ0v) is 11.6. The fourth-order valence-electron chi connectivity index (χ4n) is 1.23. The minimum atomic E-state index is -0.468. The highest BCUT2D eigenvalue weighted by Gasteiger charge is 2.14. The number of halogens is 1. The molecule has 98 valence electrons. The fraction of sp³-hybridized carbons (Fsp3) is 0.357. The van der Waals surface area contributed by atoms with E-state index in [1.54, 1.807) is 0 Å². The molecule has 0 saturated heterocycles. The largest absolute Gasteiger partial charge is 0.444 e. The first-order chi connectivity index (χ1) is 8.37. The second-order valence-corrected chi connectivity index (χ2v) is 5.27. The van der Waals surface area contributed by atoms with Crippen LogP contribution in [0.3, 0.4) is 0 Å². The molecule has 18 heavy (non-hydrogen) atoms. The van der Waals surface area contributed by atoms with Crippen molar-refractivity contribution in [2.24, 2.45) is 0 Å². The Hall–Kier alpha value is -1.48. The Balaban J connectivity index is 2.33. The third kappa shape index (κ3) is 6.30. The van der Waals surface area contributed by atoms with Crippen molar-refractivity contribution in [3.8, 4) is 0 Å². The average molecular weight is 268 g/mol. The summed E-state index contributed by atoms with van der Waals surface area (Å²) in [6.45, 7) is 5.92. The number of carbonyl (C=O) groups is 1. The third-order valence-corrected chi connectivity index (χ3v) is 2.20. The predicted octanol–water partition coefficient (Wildman–Crippen LogP) is 3.88. The van der Waals surface area contributed by atoms with Crippen LogP contribution in [0.15, 0.2) is 30.3 Å². The van der Waals surface area contributed by atoms with Crippen LogP contribution in [0.25, 0.3) is 6.08 Å². The van der Waals surface area contributed by atoms with Gasteiger partial charge in [0.25, 0.3) is 0 Å². The number of rotatable bonds is 3. The standard InChI is InChI=1S/C14H18ClNO2/c1-14(2,3)18-13(17)16-10-4-5-11-6-8-12(15)9-7-11/h4-9H,10H2,1-3H3,(H,16,17). The maximum Gasteiger partial charge on any atom is 0.407 e. The van der Waals surface area contributed by atoms with E-state index in [9.17, 15) is 4.79 Å². The van der Waals surface area contributed by atoms with Crippen LogP contribution in [0.5, 0.6) is 0 Å². The lowest BCUT2D eigenvalue weighted by Crippen LogP contribution is -2.32. The van der Waals surface area contributed by atoms with E-state index in [0.29, 0.717) is 11.6 Å². The van der Waals surface area contributed by atoms with Crippen LogP contribution in [-0.4, -0.2) is 18.2 Å². The van der Waals surface area contributed by atoms with Gasteiger partial charge < -0.3 is 10.1 Å². The Kier molecular flexibility index (Phi) is 5.23. The number of benzene rings is 1. The Morgan fingerprint density at radius 3 is 2.50 bits per heavy atom. The first-order valence-electron chi connectivity index (χ1n) is 5.76. The van der Waals surface area contributed by atoms with E-state index >= 15 is 0 Å². The van der Waals surface area contributed by atoms with E-state index in [1.165, 1.54) is 0 Å². The lowest BCUT2D eigenvalue weighted by Gasteiger charge is -2.19. The van der Waals surface area contributed by atoms with Crippen LogP contribution in [0.4, 0.5) is 4.79 Å². The fourth-order valence-corrected chi connectivity index (χ4v) is 1.35. The highest BCUT2D eigenvalue weighted by atomic mass is 35.5. The lowest BCUT2D eigenvalue weighted by molar-refractivity contribution is 0.0534. The van der Waals surface area contributed by atoms with E-state index in [2.05, 4.69) is 5.32 Å². The molecule has 0 aromatic heterocycles.